The lowest BCUT2D eigenvalue weighted by Gasteiger charge is -2.05. The summed E-state index contributed by atoms with van der Waals surface area (Å²) in [6.07, 6.45) is 0.257. The van der Waals surface area contributed by atoms with Gasteiger partial charge >= 0.3 is 0 Å². The highest BCUT2D eigenvalue weighted by Crippen LogP contribution is 2.16. The van der Waals surface area contributed by atoms with E-state index in [0.29, 0.717) is 18.3 Å². The second kappa shape index (κ2) is 4.57. The minimum absolute atomic E-state index is 0.0740. The van der Waals surface area contributed by atoms with Crippen LogP contribution in [-0.4, -0.2) is 28.6 Å². The first-order valence-electron chi connectivity index (χ1n) is 5.69. The summed E-state index contributed by atoms with van der Waals surface area (Å²) in [7, 11) is 0. The van der Waals surface area contributed by atoms with Gasteiger partial charge in [-0.2, -0.15) is 5.10 Å². The largest absolute Gasteiger partial charge is 0.355 e. The minimum atomic E-state index is -0.290. The smallest absolute Gasteiger partial charge is 0.230 e. The Morgan fingerprint density at radius 1 is 1.59 bits per heavy atom. The average Bonchev–Trinajstić information content (AvgIpc) is 2.86. The monoisotopic (exact) mass is 236 g/mol. The first-order valence-corrected chi connectivity index (χ1v) is 5.69. The third-order valence-corrected chi connectivity index (χ3v) is 2.82. The Morgan fingerprint density at radius 2 is 2.35 bits per heavy atom. The summed E-state index contributed by atoms with van der Waals surface area (Å²) in [5, 5.41) is 12.2. The lowest BCUT2D eigenvalue weighted by molar-refractivity contribution is -0.123. The van der Waals surface area contributed by atoms with Crippen molar-refractivity contribution >= 4 is 17.6 Å². The van der Waals surface area contributed by atoms with Crippen molar-refractivity contribution < 1.29 is 9.59 Å². The highest BCUT2D eigenvalue weighted by atomic mass is 16.2. The molecule has 2 heterocycles. The van der Waals surface area contributed by atoms with Gasteiger partial charge in [0.25, 0.3) is 0 Å². The highest BCUT2D eigenvalue weighted by Gasteiger charge is 2.28. The second-order valence-electron chi connectivity index (χ2n) is 4.56. The summed E-state index contributed by atoms with van der Waals surface area (Å²) in [4.78, 5) is 22.8. The number of nitrogens with one attached hydrogen (secondary N) is 3. The highest BCUT2D eigenvalue weighted by molar-refractivity contribution is 5.96. The molecule has 0 saturated carbocycles. The van der Waals surface area contributed by atoms with Crippen LogP contribution in [0.1, 0.15) is 31.9 Å². The normalized spacial score (nSPS) is 19.5. The van der Waals surface area contributed by atoms with Gasteiger partial charge in [0.2, 0.25) is 11.8 Å². The predicted molar refractivity (Wildman–Crippen MR) is 62.4 cm³/mol. The summed E-state index contributed by atoms with van der Waals surface area (Å²) in [6.45, 7) is 4.49. The number of carbonyl (C=O) groups is 2. The van der Waals surface area contributed by atoms with Crippen LogP contribution in [0.2, 0.25) is 0 Å². The summed E-state index contributed by atoms with van der Waals surface area (Å²) in [5.74, 6) is 0.322. The van der Waals surface area contributed by atoms with E-state index in [1.807, 2.05) is 19.9 Å². The molecule has 92 valence electrons. The Balaban J connectivity index is 1.96. The van der Waals surface area contributed by atoms with Crippen molar-refractivity contribution in [3.05, 3.63) is 11.8 Å². The third-order valence-electron chi connectivity index (χ3n) is 2.82. The van der Waals surface area contributed by atoms with Crippen LogP contribution in [-0.2, 0) is 9.59 Å². The maximum absolute atomic E-state index is 11.8. The number of aromatic amines is 1. The van der Waals surface area contributed by atoms with Gasteiger partial charge in [-0.15, -0.1) is 0 Å². The Bertz CT molecular complexity index is 438. The van der Waals surface area contributed by atoms with E-state index >= 15 is 0 Å². The fourth-order valence-corrected chi connectivity index (χ4v) is 1.72. The molecule has 17 heavy (non-hydrogen) atoms. The molecule has 1 fully saturated rings. The van der Waals surface area contributed by atoms with E-state index in [1.165, 1.54) is 0 Å². The number of aromatic nitrogens is 2. The number of nitrogens with zero attached hydrogens (tertiary/aromatic N) is 1. The number of H-pyrrole nitrogens is 1. The van der Waals surface area contributed by atoms with Gasteiger partial charge in [-0.25, -0.2) is 0 Å². The van der Waals surface area contributed by atoms with Crippen molar-refractivity contribution in [2.24, 2.45) is 5.92 Å². The zero-order valence-electron chi connectivity index (χ0n) is 9.91. The van der Waals surface area contributed by atoms with Crippen molar-refractivity contribution in [2.45, 2.75) is 26.2 Å². The fraction of sp³-hybridized carbons (Fsp3) is 0.545. The molecular formula is C11H16N4O2. The van der Waals surface area contributed by atoms with E-state index in [2.05, 4.69) is 20.8 Å². The third kappa shape index (κ3) is 2.64. The van der Waals surface area contributed by atoms with Crippen LogP contribution >= 0.6 is 0 Å². The quantitative estimate of drug-likeness (QED) is 0.718. The minimum Gasteiger partial charge on any atom is -0.355 e. The number of hydrogen-bond donors (Lipinski definition) is 3. The first kappa shape index (κ1) is 11.6. The molecule has 0 spiro atoms. The topological polar surface area (TPSA) is 86.9 Å². The van der Waals surface area contributed by atoms with E-state index in [1.54, 1.807) is 0 Å². The summed E-state index contributed by atoms with van der Waals surface area (Å²) in [5.41, 5.74) is 0.973. The van der Waals surface area contributed by atoms with E-state index in [-0.39, 0.29) is 24.2 Å². The van der Waals surface area contributed by atoms with Gasteiger partial charge in [-0.1, -0.05) is 13.8 Å². The van der Waals surface area contributed by atoms with Crippen LogP contribution < -0.4 is 10.6 Å². The molecule has 3 N–H and O–H groups in total. The van der Waals surface area contributed by atoms with Gasteiger partial charge in [0.05, 0.1) is 5.92 Å². The maximum atomic E-state index is 11.8. The zero-order valence-corrected chi connectivity index (χ0v) is 9.91. The fourth-order valence-electron chi connectivity index (χ4n) is 1.72. The number of hydrogen-bond acceptors (Lipinski definition) is 3. The van der Waals surface area contributed by atoms with Gasteiger partial charge < -0.3 is 10.6 Å². The number of carbonyl (C=O) groups excluding carboxylic acids is 2. The maximum Gasteiger partial charge on any atom is 0.230 e. The average molecular weight is 236 g/mol. The molecule has 6 heteroatoms. The van der Waals surface area contributed by atoms with E-state index in [9.17, 15) is 9.59 Å². The number of rotatable bonds is 3. The van der Waals surface area contributed by atoms with Crippen molar-refractivity contribution in [1.29, 1.82) is 0 Å². The number of anilines is 1. The van der Waals surface area contributed by atoms with E-state index < -0.39 is 0 Å². The Labute approximate surface area is 99.2 Å². The molecule has 1 aromatic rings. The molecule has 2 amide bonds. The van der Waals surface area contributed by atoms with Gasteiger partial charge in [0, 0.05) is 24.7 Å². The molecular weight excluding hydrogens is 220 g/mol. The molecule has 1 aromatic heterocycles. The molecule has 1 aliphatic heterocycles. The molecule has 0 aromatic carbocycles. The Hall–Kier alpha value is -1.85. The van der Waals surface area contributed by atoms with Crippen molar-refractivity contribution in [1.82, 2.24) is 15.5 Å². The summed E-state index contributed by atoms with van der Waals surface area (Å²) < 4.78 is 0. The van der Waals surface area contributed by atoms with Crippen LogP contribution in [0.5, 0.6) is 0 Å². The van der Waals surface area contributed by atoms with E-state index in [4.69, 9.17) is 0 Å². The molecule has 2 rings (SSSR count). The van der Waals surface area contributed by atoms with Gasteiger partial charge in [-0.05, 0) is 5.92 Å². The van der Waals surface area contributed by atoms with Crippen LogP contribution in [0, 0.1) is 5.92 Å². The standard InChI is InChI=1S/C11H16N4O2/c1-6(2)8-4-9(15-14-8)13-11(17)7-3-10(16)12-5-7/h4,6-7H,3,5H2,1-2H3,(H,12,16)(H2,13,14,15,17). The van der Waals surface area contributed by atoms with Gasteiger partial charge in [0.1, 0.15) is 0 Å². The molecule has 6 nitrogen and oxygen atoms in total. The molecule has 1 atom stereocenters. The van der Waals surface area contributed by atoms with Crippen molar-refractivity contribution in [3.63, 3.8) is 0 Å². The molecule has 1 unspecified atom stereocenters. The lowest BCUT2D eigenvalue weighted by atomic mass is 10.1. The van der Waals surface area contributed by atoms with Crippen LogP contribution in [0.4, 0.5) is 5.82 Å². The summed E-state index contributed by atoms with van der Waals surface area (Å²) >= 11 is 0. The first-order chi connectivity index (χ1) is 8.06. The molecule has 1 aliphatic rings. The SMILES string of the molecule is CC(C)c1cc(NC(=O)C2CNC(=O)C2)n[nH]1. The Kier molecular flexibility index (Phi) is 3.12. The molecule has 1 saturated heterocycles. The zero-order chi connectivity index (χ0) is 12.4. The Morgan fingerprint density at radius 3 is 2.88 bits per heavy atom. The molecule has 0 aliphatic carbocycles. The van der Waals surface area contributed by atoms with Crippen LogP contribution in [0.15, 0.2) is 6.07 Å². The summed E-state index contributed by atoms with van der Waals surface area (Å²) in [6, 6.07) is 1.81. The molecule has 0 radical (unpaired) electrons. The van der Waals surface area contributed by atoms with E-state index in [0.717, 1.165) is 5.69 Å². The van der Waals surface area contributed by atoms with Crippen LogP contribution in [0.25, 0.3) is 0 Å². The van der Waals surface area contributed by atoms with Crippen LogP contribution in [0.3, 0.4) is 0 Å². The molecule has 0 bridgehead atoms. The van der Waals surface area contributed by atoms with Crippen molar-refractivity contribution in [2.75, 3.05) is 11.9 Å². The van der Waals surface area contributed by atoms with Crippen molar-refractivity contribution in [3.8, 4) is 0 Å². The van der Waals surface area contributed by atoms with Gasteiger partial charge in [0.15, 0.2) is 5.82 Å². The van der Waals surface area contributed by atoms with Gasteiger partial charge in [-0.3, -0.25) is 14.7 Å². The number of amides is 2. The second-order valence-corrected chi connectivity index (χ2v) is 4.56. The lowest BCUT2D eigenvalue weighted by Crippen LogP contribution is -2.24. The predicted octanol–water partition coefficient (Wildman–Crippen LogP) is 0.608.